The van der Waals surface area contributed by atoms with Gasteiger partial charge in [-0.2, -0.15) is 0 Å². The monoisotopic (exact) mass is 394 g/mol. The van der Waals surface area contributed by atoms with Crippen molar-refractivity contribution >= 4 is 16.7 Å². The van der Waals surface area contributed by atoms with Crippen LogP contribution < -0.4 is 0 Å². The predicted octanol–water partition coefficient (Wildman–Crippen LogP) is 6.20. The first-order valence-electron chi connectivity index (χ1n) is 10.0. The van der Waals surface area contributed by atoms with Gasteiger partial charge in [-0.15, -0.1) is 5.92 Å². The van der Waals surface area contributed by atoms with Gasteiger partial charge in [-0.25, -0.2) is 0 Å². The van der Waals surface area contributed by atoms with Crippen LogP contribution in [0.15, 0.2) is 60.7 Å². The van der Waals surface area contributed by atoms with Crippen LogP contribution in [0, 0.1) is 36.0 Å². The third-order valence-corrected chi connectivity index (χ3v) is 4.82. The van der Waals surface area contributed by atoms with Crippen LogP contribution in [0.4, 0.5) is 0 Å². The van der Waals surface area contributed by atoms with E-state index in [1.807, 2.05) is 57.2 Å². The fourth-order valence-corrected chi connectivity index (χ4v) is 3.10. The molecule has 0 bridgehead atoms. The summed E-state index contributed by atoms with van der Waals surface area (Å²) in [5.41, 5.74) is 3.14. The molecule has 0 aromatic heterocycles. The highest BCUT2D eigenvalue weighted by Gasteiger charge is 2.27. The number of esters is 1. The van der Waals surface area contributed by atoms with Gasteiger partial charge in [0.25, 0.3) is 0 Å². The topological polar surface area (TPSA) is 26.3 Å². The SMILES string of the molecule is CC#CC(OC(=O)C(C)(C)C)c1ccccc1C#Cc1c(C)ccc2ccccc12. The van der Waals surface area contributed by atoms with Crippen LogP contribution in [0.2, 0.25) is 0 Å². The van der Waals surface area contributed by atoms with Crippen molar-refractivity contribution in [1.29, 1.82) is 0 Å². The predicted molar refractivity (Wildman–Crippen MR) is 123 cm³/mol. The van der Waals surface area contributed by atoms with E-state index < -0.39 is 11.5 Å². The summed E-state index contributed by atoms with van der Waals surface area (Å²) in [6.45, 7) is 9.31. The first kappa shape index (κ1) is 21.2. The Morgan fingerprint density at radius 3 is 2.37 bits per heavy atom. The highest BCUT2D eigenvalue weighted by atomic mass is 16.5. The first-order valence-corrected chi connectivity index (χ1v) is 10.0. The van der Waals surface area contributed by atoms with Crippen LogP contribution in [0.1, 0.15) is 56.1 Å². The van der Waals surface area contributed by atoms with Gasteiger partial charge < -0.3 is 4.74 Å². The smallest absolute Gasteiger partial charge is 0.312 e. The lowest BCUT2D eigenvalue weighted by atomic mass is 9.96. The molecule has 0 amide bonds. The van der Waals surface area contributed by atoms with Gasteiger partial charge in [0, 0.05) is 16.7 Å². The van der Waals surface area contributed by atoms with Crippen molar-refractivity contribution in [1.82, 2.24) is 0 Å². The Morgan fingerprint density at radius 1 is 0.933 bits per heavy atom. The number of aryl methyl sites for hydroxylation is 1. The summed E-state index contributed by atoms with van der Waals surface area (Å²) in [4.78, 5) is 12.5. The van der Waals surface area contributed by atoms with Gasteiger partial charge in [-0.05, 0) is 57.0 Å². The number of ether oxygens (including phenoxy) is 1. The van der Waals surface area contributed by atoms with E-state index in [1.54, 1.807) is 6.92 Å². The summed E-state index contributed by atoms with van der Waals surface area (Å²) in [6, 6.07) is 20.2. The van der Waals surface area contributed by atoms with Crippen LogP contribution in [-0.4, -0.2) is 5.97 Å². The third-order valence-electron chi connectivity index (χ3n) is 4.82. The Morgan fingerprint density at radius 2 is 1.63 bits per heavy atom. The van der Waals surface area contributed by atoms with Gasteiger partial charge >= 0.3 is 5.97 Å². The molecule has 2 nitrogen and oxygen atoms in total. The average Bonchev–Trinajstić information content (AvgIpc) is 2.72. The van der Waals surface area contributed by atoms with Crippen molar-refractivity contribution in [3.05, 3.63) is 82.9 Å². The number of hydrogen-bond donors (Lipinski definition) is 0. The van der Waals surface area contributed by atoms with Crippen molar-refractivity contribution < 1.29 is 9.53 Å². The summed E-state index contributed by atoms with van der Waals surface area (Å²) < 4.78 is 5.75. The zero-order valence-electron chi connectivity index (χ0n) is 18.2. The van der Waals surface area contributed by atoms with E-state index in [9.17, 15) is 4.79 Å². The molecule has 1 atom stereocenters. The molecule has 0 heterocycles. The van der Waals surface area contributed by atoms with Gasteiger partial charge in [-0.1, -0.05) is 72.4 Å². The largest absolute Gasteiger partial charge is 0.444 e. The second-order valence-electron chi connectivity index (χ2n) is 8.25. The maximum absolute atomic E-state index is 12.5. The molecule has 0 radical (unpaired) electrons. The second-order valence-corrected chi connectivity index (χ2v) is 8.25. The average molecular weight is 395 g/mol. The molecule has 0 saturated heterocycles. The van der Waals surface area contributed by atoms with Crippen molar-refractivity contribution in [2.24, 2.45) is 5.41 Å². The summed E-state index contributed by atoms with van der Waals surface area (Å²) in [7, 11) is 0. The molecular formula is C28H26O2. The molecular weight excluding hydrogens is 368 g/mol. The fourth-order valence-electron chi connectivity index (χ4n) is 3.10. The molecule has 150 valence electrons. The second kappa shape index (κ2) is 8.89. The molecule has 30 heavy (non-hydrogen) atoms. The zero-order valence-corrected chi connectivity index (χ0v) is 18.2. The van der Waals surface area contributed by atoms with Gasteiger partial charge in [0.05, 0.1) is 5.41 Å². The molecule has 3 rings (SSSR count). The lowest BCUT2D eigenvalue weighted by Crippen LogP contribution is -2.25. The van der Waals surface area contributed by atoms with E-state index in [2.05, 4.69) is 54.9 Å². The molecule has 0 fully saturated rings. The van der Waals surface area contributed by atoms with Crippen molar-refractivity contribution in [2.75, 3.05) is 0 Å². The lowest BCUT2D eigenvalue weighted by molar-refractivity contribution is -0.156. The summed E-state index contributed by atoms with van der Waals surface area (Å²) in [5.74, 6) is 12.3. The Balaban J connectivity index is 2.06. The quantitative estimate of drug-likeness (QED) is 0.382. The number of fused-ring (bicyclic) bond motifs is 1. The molecule has 3 aromatic carbocycles. The van der Waals surface area contributed by atoms with E-state index in [0.717, 1.165) is 33.0 Å². The van der Waals surface area contributed by atoms with Gasteiger partial charge in [0.2, 0.25) is 0 Å². The minimum absolute atomic E-state index is 0.289. The Bertz CT molecular complexity index is 1200. The summed E-state index contributed by atoms with van der Waals surface area (Å²) in [5, 5.41) is 2.29. The van der Waals surface area contributed by atoms with E-state index in [4.69, 9.17) is 4.74 Å². The maximum Gasteiger partial charge on any atom is 0.312 e. The van der Waals surface area contributed by atoms with Crippen LogP contribution >= 0.6 is 0 Å². The minimum Gasteiger partial charge on any atom is -0.444 e. The van der Waals surface area contributed by atoms with Crippen molar-refractivity contribution in [3.63, 3.8) is 0 Å². The minimum atomic E-state index is -0.652. The van der Waals surface area contributed by atoms with Crippen LogP contribution in [-0.2, 0) is 9.53 Å². The maximum atomic E-state index is 12.5. The highest BCUT2D eigenvalue weighted by molar-refractivity contribution is 5.89. The third kappa shape index (κ3) is 4.73. The van der Waals surface area contributed by atoms with Crippen molar-refractivity contribution in [3.8, 4) is 23.7 Å². The number of carbonyl (C=O) groups is 1. The van der Waals surface area contributed by atoms with Crippen LogP contribution in [0.3, 0.4) is 0 Å². The Hall–Kier alpha value is -3.49. The molecule has 0 aliphatic rings. The number of rotatable bonds is 2. The zero-order chi connectivity index (χ0) is 21.7. The van der Waals surface area contributed by atoms with E-state index in [0.29, 0.717) is 0 Å². The lowest BCUT2D eigenvalue weighted by Gasteiger charge is -2.21. The van der Waals surface area contributed by atoms with Gasteiger partial charge in [0.15, 0.2) is 6.10 Å². The van der Waals surface area contributed by atoms with Crippen LogP contribution in [0.5, 0.6) is 0 Å². The standard InChI is InChI=1S/C28H26O2/c1-6-11-26(30-27(29)28(3,4)5)25-15-10-8-13-22(25)18-19-23-20(2)16-17-21-12-7-9-14-24(21)23/h7-10,12-17,26H,1-5H3. The summed E-state index contributed by atoms with van der Waals surface area (Å²) in [6.07, 6.45) is -0.652. The van der Waals surface area contributed by atoms with Gasteiger partial charge in [-0.3, -0.25) is 4.79 Å². The normalized spacial score (nSPS) is 11.6. The van der Waals surface area contributed by atoms with E-state index in [-0.39, 0.29) is 5.97 Å². The molecule has 1 unspecified atom stereocenters. The van der Waals surface area contributed by atoms with Crippen molar-refractivity contribution in [2.45, 2.75) is 40.7 Å². The van der Waals surface area contributed by atoms with Gasteiger partial charge in [0.1, 0.15) is 0 Å². The highest BCUT2D eigenvalue weighted by Crippen LogP contribution is 2.26. The summed E-state index contributed by atoms with van der Waals surface area (Å²) >= 11 is 0. The molecule has 0 spiro atoms. The molecule has 2 heteroatoms. The number of carbonyl (C=O) groups excluding carboxylic acids is 1. The molecule has 0 aliphatic carbocycles. The Labute approximate surface area is 179 Å². The van der Waals surface area contributed by atoms with Crippen LogP contribution in [0.25, 0.3) is 10.8 Å². The number of benzene rings is 3. The molecule has 0 N–H and O–H groups in total. The molecule has 3 aromatic rings. The Kier molecular flexibility index (Phi) is 6.29. The molecule has 0 saturated carbocycles. The first-order chi connectivity index (χ1) is 14.3. The number of hydrogen-bond acceptors (Lipinski definition) is 2. The van der Waals surface area contributed by atoms with E-state index in [1.165, 1.54) is 0 Å². The fraction of sp³-hybridized carbons (Fsp3) is 0.250. The van der Waals surface area contributed by atoms with E-state index >= 15 is 0 Å². The molecule has 0 aliphatic heterocycles.